The highest BCUT2D eigenvalue weighted by Gasteiger charge is 2.39. The van der Waals surface area contributed by atoms with E-state index in [0.717, 1.165) is 21.0 Å². The van der Waals surface area contributed by atoms with Crippen LogP contribution in [0.3, 0.4) is 0 Å². The fraction of sp³-hybridized carbons (Fsp3) is 0.150. The van der Waals surface area contributed by atoms with Crippen molar-refractivity contribution in [2.45, 2.75) is 12.7 Å². The van der Waals surface area contributed by atoms with Crippen LogP contribution in [-0.2, 0) is 19.8 Å². The second kappa shape index (κ2) is 7.49. The monoisotopic (exact) mass is 433 g/mol. The van der Waals surface area contributed by atoms with E-state index < -0.39 is 22.8 Å². The van der Waals surface area contributed by atoms with Gasteiger partial charge in [0, 0.05) is 13.2 Å². The minimum atomic E-state index is -4.75. The fourth-order valence-electron chi connectivity index (χ4n) is 3.24. The average molecular weight is 434 g/mol. The molecule has 2 aromatic carbocycles. The largest absolute Gasteiger partial charge is 0.436 e. The quantitative estimate of drug-likeness (QED) is 0.505. The molecule has 6 nitrogen and oxygen atoms in total. The Balaban J connectivity index is 1.54. The van der Waals surface area contributed by atoms with Crippen LogP contribution in [0.1, 0.15) is 21.7 Å². The van der Waals surface area contributed by atoms with Crippen molar-refractivity contribution in [3.8, 4) is 0 Å². The van der Waals surface area contributed by atoms with Crippen molar-refractivity contribution < 1.29 is 18.0 Å². The number of aromatic nitrogens is 4. The molecule has 1 amide bonds. The summed E-state index contributed by atoms with van der Waals surface area (Å²) in [6, 6.07) is 13.9. The first-order valence-electron chi connectivity index (χ1n) is 8.84. The third kappa shape index (κ3) is 3.76. The molecule has 0 aliphatic carbocycles. The third-order valence-electron chi connectivity index (χ3n) is 4.58. The van der Waals surface area contributed by atoms with Gasteiger partial charge in [0.15, 0.2) is 5.69 Å². The number of aryl methyl sites for hydroxylation is 1. The number of benzene rings is 2. The van der Waals surface area contributed by atoms with Gasteiger partial charge in [0.2, 0.25) is 0 Å². The van der Waals surface area contributed by atoms with Gasteiger partial charge in [-0.15, -0.1) is 0 Å². The molecule has 0 radical (unpaired) electrons. The van der Waals surface area contributed by atoms with Crippen LogP contribution in [0.2, 0.25) is 5.02 Å². The molecule has 0 aliphatic heterocycles. The zero-order valence-electron chi connectivity index (χ0n) is 15.6. The van der Waals surface area contributed by atoms with Crippen molar-refractivity contribution in [1.82, 2.24) is 19.6 Å². The molecule has 154 valence electrons. The highest BCUT2D eigenvalue weighted by atomic mass is 35.5. The minimum Gasteiger partial charge on any atom is -0.318 e. The number of alkyl halides is 3. The molecular formula is C20H15ClF3N5O. The molecule has 1 N–H and O–H groups in total. The Morgan fingerprint density at radius 3 is 2.63 bits per heavy atom. The van der Waals surface area contributed by atoms with E-state index in [1.54, 1.807) is 10.9 Å². The fourth-order valence-corrected chi connectivity index (χ4v) is 3.59. The van der Waals surface area contributed by atoms with Gasteiger partial charge >= 0.3 is 6.18 Å². The molecule has 0 fully saturated rings. The summed E-state index contributed by atoms with van der Waals surface area (Å²) in [7, 11) is 1.22. The van der Waals surface area contributed by atoms with Crippen LogP contribution in [0.5, 0.6) is 0 Å². The number of carbonyl (C=O) groups is 1. The summed E-state index contributed by atoms with van der Waals surface area (Å²) in [6.07, 6.45) is -1.75. The lowest BCUT2D eigenvalue weighted by atomic mass is 10.0. The lowest BCUT2D eigenvalue weighted by molar-refractivity contribution is -0.141. The second-order valence-electron chi connectivity index (χ2n) is 6.65. The molecular weight excluding hydrogens is 419 g/mol. The Morgan fingerprint density at radius 1 is 1.17 bits per heavy atom. The molecule has 30 heavy (non-hydrogen) atoms. The molecule has 0 atom stereocenters. The summed E-state index contributed by atoms with van der Waals surface area (Å²) >= 11 is 5.76. The molecule has 4 aromatic rings. The Labute approximate surface area is 173 Å². The number of fused-ring (bicyclic) bond motifs is 1. The summed E-state index contributed by atoms with van der Waals surface area (Å²) in [5, 5.41) is 11.5. The third-order valence-corrected chi connectivity index (χ3v) is 4.93. The van der Waals surface area contributed by atoms with E-state index in [9.17, 15) is 18.0 Å². The standard InChI is InChI=1S/C20H15ClF3N5O/c1-28-17(16(21)18(27-28)20(22,23)24)19(30)26-14-9-25-29(11-14)10-13-7-4-6-12-5-2-3-8-15(12)13/h2-9,11H,10H2,1H3,(H,26,30). The maximum absolute atomic E-state index is 12.9. The Hall–Kier alpha value is -3.33. The van der Waals surface area contributed by atoms with Crippen LogP contribution in [0, 0.1) is 0 Å². The summed E-state index contributed by atoms with van der Waals surface area (Å²) < 4.78 is 41.3. The van der Waals surface area contributed by atoms with Gasteiger partial charge in [0.05, 0.1) is 18.4 Å². The van der Waals surface area contributed by atoms with E-state index in [-0.39, 0.29) is 5.69 Å². The molecule has 4 rings (SSSR count). The number of amides is 1. The van der Waals surface area contributed by atoms with Gasteiger partial charge in [0.25, 0.3) is 5.91 Å². The van der Waals surface area contributed by atoms with Crippen molar-refractivity contribution in [2.75, 3.05) is 5.32 Å². The molecule has 0 bridgehead atoms. The summed E-state index contributed by atoms with van der Waals surface area (Å²) in [4.78, 5) is 12.5. The number of carbonyl (C=O) groups excluding carboxylic acids is 1. The Kier molecular flexibility index (Phi) is 4.98. The molecule has 0 saturated heterocycles. The molecule has 2 aromatic heterocycles. The highest BCUT2D eigenvalue weighted by Crippen LogP contribution is 2.35. The van der Waals surface area contributed by atoms with Crippen LogP contribution < -0.4 is 5.32 Å². The van der Waals surface area contributed by atoms with Crippen LogP contribution in [0.25, 0.3) is 10.8 Å². The van der Waals surface area contributed by atoms with Gasteiger partial charge < -0.3 is 5.32 Å². The first-order valence-corrected chi connectivity index (χ1v) is 9.22. The van der Waals surface area contributed by atoms with Crippen LogP contribution in [-0.4, -0.2) is 25.5 Å². The topological polar surface area (TPSA) is 64.7 Å². The summed E-state index contributed by atoms with van der Waals surface area (Å²) in [5.74, 6) is -0.810. The van der Waals surface area contributed by atoms with Gasteiger partial charge in [-0.1, -0.05) is 54.1 Å². The zero-order valence-corrected chi connectivity index (χ0v) is 16.4. The molecule has 0 saturated carbocycles. The van der Waals surface area contributed by atoms with Gasteiger partial charge in [-0.05, 0) is 16.3 Å². The summed E-state index contributed by atoms with van der Waals surface area (Å²) in [6.45, 7) is 0.460. The van der Waals surface area contributed by atoms with Crippen molar-refractivity contribution in [3.63, 3.8) is 0 Å². The maximum Gasteiger partial charge on any atom is 0.436 e. The lowest BCUT2D eigenvalue weighted by Crippen LogP contribution is -2.16. The predicted molar refractivity (Wildman–Crippen MR) is 106 cm³/mol. The van der Waals surface area contributed by atoms with E-state index in [2.05, 4.69) is 15.5 Å². The lowest BCUT2D eigenvalue weighted by Gasteiger charge is -2.07. The van der Waals surface area contributed by atoms with Crippen molar-refractivity contribution in [1.29, 1.82) is 0 Å². The van der Waals surface area contributed by atoms with E-state index >= 15 is 0 Å². The second-order valence-corrected chi connectivity index (χ2v) is 7.03. The first kappa shape index (κ1) is 20.0. The number of hydrogen-bond acceptors (Lipinski definition) is 3. The maximum atomic E-state index is 12.9. The van der Waals surface area contributed by atoms with Crippen LogP contribution in [0.15, 0.2) is 54.9 Å². The Morgan fingerprint density at radius 2 is 1.90 bits per heavy atom. The molecule has 0 spiro atoms. The van der Waals surface area contributed by atoms with Gasteiger partial charge in [-0.2, -0.15) is 23.4 Å². The molecule has 0 unspecified atom stereocenters. The van der Waals surface area contributed by atoms with Crippen LogP contribution in [0.4, 0.5) is 18.9 Å². The average Bonchev–Trinajstić information content (AvgIpc) is 3.25. The summed E-state index contributed by atoms with van der Waals surface area (Å²) in [5.41, 5.74) is -0.320. The minimum absolute atomic E-state index is 0.325. The predicted octanol–water partition coefficient (Wildman–Crippen LogP) is 4.74. The Bertz CT molecular complexity index is 1240. The smallest absolute Gasteiger partial charge is 0.318 e. The number of nitrogens with zero attached hydrogens (tertiary/aromatic N) is 4. The molecule has 2 heterocycles. The van der Waals surface area contributed by atoms with Crippen molar-refractivity contribution >= 4 is 34.0 Å². The first-order chi connectivity index (χ1) is 14.2. The number of nitrogens with one attached hydrogen (secondary N) is 1. The van der Waals surface area contributed by atoms with E-state index in [4.69, 9.17) is 11.6 Å². The van der Waals surface area contributed by atoms with Crippen molar-refractivity contribution in [3.05, 3.63) is 76.8 Å². The van der Waals surface area contributed by atoms with E-state index in [1.165, 1.54) is 13.2 Å². The van der Waals surface area contributed by atoms with Gasteiger partial charge in [-0.25, -0.2) is 0 Å². The molecule has 0 aliphatic rings. The number of halogens is 4. The normalized spacial score (nSPS) is 11.8. The molecule has 10 heteroatoms. The zero-order chi connectivity index (χ0) is 21.5. The van der Waals surface area contributed by atoms with E-state index in [0.29, 0.717) is 12.2 Å². The van der Waals surface area contributed by atoms with Crippen LogP contribution >= 0.6 is 11.6 Å². The highest BCUT2D eigenvalue weighted by molar-refractivity contribution is 6.34. The number of rotatable bonds is 4. The van der Waals surface area contributed by atoms with Crippen molar-refractivity contribution in [2.24, 2.45) is 7.05 Å². The van der Waals surface area contributed by atoms with E-state index in [1.807, 2.05) is 42.5 Å². The number of anilines is 1. The SMILES string of the molecule is Cn1nc(C(F)(F)F)c(Cl)c1C(=O)Nc1cnn(Cc2cccc3ccccc23)c1. The number of hydrogen-bond donors (Lipinski definition) is 1. The van der Waals surface area contributed by atoms with Gasteiger partial charge in [0.1, 0.15) is 10.7 Å². The van der Waals surface area contributed by atoms with Gasteiger partial charge in [-0.3, -0.25) is 14.2 Å².